The van der Waals surface area contributed by atoms with Crippen LogP contribution in [0, 0.1) is 6.20 Å². The molecule has 1 aliphatic rings. The zero-order chi connectivity index (χ0) is 10.3. The zero-order valence-electron chi connectivity index (χ0n) is 6.39. The second kappa shape index (κ2) is 5.16. The van der Waals surface area contributed by atoms with Crippen molar-refractivity contribution in [1.29, 1.82) is 0 Å². The van der Waals surface area contributed by atoms with Gasteiger partial charge in [0.2, 0.25) is 0 Å². The molecule has 0 aromatic carbocycles. The summed E-state index contributed by atoms with van der Waals surface area (Å²) in [5.74, 6) is -3.01. The van der Waals surface area contributed by atoms with Crippen LogP contribution in [0.3, 0.4) is 0 Å². The fourth-order valence-electron chi connectivity index (χ4n) is 0.361. The molecule has 0 bridgehead atoms. The normalized spacial score (nSPS) is 13.5. The van der Waals surface area contributed by atoms with E-state index in [1.165, 1.54) is 0 Å². The Morgan fingerprint density at radius 2 is 2.08 bits per heavy atom. The lowest BCUT2D eigenvalue weighted by molar-refractivity contribution is -0.344. The van der Waals surface area contributed by atoms with Crippen molar-refractivity contribution in [2.75, 3.05) is 6.54 Å². The number of carboxylic acids is 1. The second-order valence-corrected chi connectivity index (χ2v) is 1.91. The molecule has 0 spiro atoms. The van der Waals surface area contributed by atoms with E-state index < -0.39 is 12.1 Å². The van der Waals surface area contributed by atoms with Crippen LogP contribution in [-0.2, 0) is 4.79 Å². The summed E-state index contributed by atoms with van der Waals surface area (Å²) in [5, 5.41) is 11.7. The molecule has 0 radical (unpaired) electrons. The summed E-state index contributed by atoms with van der Waals surface area (Å²) in [5.41, 5.74) is 0. The maximum atomic E-state index is 10.5. The highest BCUT2D eigenvalue weighted by atomic mass is 19.4. The Kier molecular flexibility index (Phi) is 4.54. The zero-order valence-corrected chi connectivity index (χ0v) is 6.39. The van der Waals surface area contributed by atoms with Gasteiger partial charge in [-0.15, -0.1) is 0 Å². The van der Waals surface area contributed by atoms with E-state index in [4.69, 9.17) is 9.90 Å². The highest BCUT2D eigenvalue weighted by Crippen LogP contribution is 2.11. The van der Waals surface area contributed by atoms with Crippen LogP contribution in [0.15, 0.2) is 18.2 Å². The molecular formula is C7H6F3NO2. The fraction of sp³-hybridized carbons (Fsp3) is 0.286. The molecule has 0 saturated carbocycles. The number of aliphatic carboxylic acids is 1. The average Bonchev–Trinajstić information content (AvgIpc) is 2.07. The summed E-state index contributed by atoms with van der Waals surface area (Å²) >= 11 is 0. The van der Waals surface area contributed by atoms with Gasteiger partial charge in [0, 0.05) is 6.08 Å². The number of nitrogens with one attached hydrogen (secondary N) is 1. The number of carboxylic acid groups (broad SMARTS) is 1. The van der Waals surface area contributed by atoms with Gasteiger partial charge in [-0.2, -0.15) is 13.2 Å². The molecule has 0 saturated heterocycles. The first-order chi connectivity index (χ1) is 5.94. The van der Waals surface area contributed by atoms with Crippen molar-refractivity contribution in [3.05, 3.63) is 24.4 Å². The van der Waals surface area contributed by atoms with E-state index in [2.05, 4.69) is 11.5 Å². The first kappa shape index (κ1) is 11.4. The van der Waals surface area contributed by atoms with E-state index in [0.717, 1.165) is 6.54 Å². The number of hydrogen-bond acceptors (Lipinski definition) is 3. The van der Waals surface area contributed by atoms with Gasteiger partial charge in [0.15, 0.2) is 12.3 Å². The van der Waals surface area contributed by atoms with Crippen LogP contribution in [0.1, 0.15) is 0 Å². The minimum absolute atomic E-state index is 0.927. The molecule has 6 heteroatoms. The van der Waals surface area contributed by atoms with Crippen molar-refractivity contribution < 1.29 is 23.1 Å². The minimum Gasteiger partial charge on any atom is -0.542 e. The molecule has 0 unspecified atom stereocenters. The third-order valence-corrected chi connectivity index (χ3v) is 0.869. The molecule has 0 amide bonds. The highest BCUT2D eigenvalue weighted by molar-refractivity contribution is 5.70. The molecule has 1 heterocycles. The van der Waals surface area contributed by atoms with Crippen LogP contribution in [0.25, 0.3) is 0 Å². The highest BCUT2D eigenvalue weighted by Gasteiger charge is 2.28. The molecule has 0 fully saturated rings. The standard InChI is InChI=1S/C5H6N.C2HF3O2/c1-2-4-6-5-3-1;3-2(4,5)1(6)7/h1-3,6H,4H2;(H,6,7)/q+1;/p-1. The van der Waals surface area contributed by atoms with Crippen LogP contribution in [0.5, 0.6) is 0 Å². The summed E-state index contributed by atoms with van der Waals surface area (Å²) < 4.78 is 31.5. The van der Waals surface area contributed by atoms with Crippen molar-refractivity contribution in [3.8, 4) is 0 Å². The Labute approximate surface area is 72.6 Å². The van der Waals surface area contributed by atoms with E-state index in [1.54, 1.807) is 0 Å². The van der Waals surface area contributed by atoms with Gasteiger partial charge in [-0.25, -0.2) is 0 Å². The van der Waals surface area contributed by atoms with Crippen molar-refractivity contribution >= 4 is 5.97 Å². The number of carbonyl (C=O) groups excluding carboxylic acids is 1. The van der Waals surface area contributed by atoms with Gasteiger partial charge >= 0.3 is 6.18 Å². The van der Waals surface area contributed by atoms with E-state index in [1.807, 2.05) is 18.2 Å². The van der Waals surface area contributed by atoms with Crippen molar-refractivity contribution in [2.24, 2.45) is 0 Å². The van der Waals surface area contributed by atoms with Gasteiger partial charge < -0.3 is 9.90 Å². The smallest absolute Gasteiger partial charge is 0.430 e. The van der Waals surface area contributed by atoms with Gasteiger partial charge in [0.25, 0.3) is 0 Å². The summed E-state index contributed by atoms with van der Waals surface area (Å²) in [7, 11) is 0. The largest absolute Gasteiger partial charge is 0.542 e. The summed E-state index contributed by atoms with van der Waals surface area (Å²) in [6.07, 6.45) is 3.49. The molecule has 0 aromatic heterocycles. The molecule has 13 heavy (non-hydrogen) atoms. The molecule has 72 valence electrons. The summed E-state index contributed by atoms with van der Waals surface area (Å²) in [6.45, 7) is 0.927. The molecule has 1 rings (SSSR count). The Bertz CT molecular complexity index is 208. The molecule has 0 atom stereocenters. The lowest BCUT2D eigenvalue weighted by Gasteiger charge is -2.03. The fourth-order valence-corrected chi connectivity index (χ4v) is 0.361. The monoisotopic (exact) mass is 193 g/mol. The topological polar surface area (TPSA) is 52.2 Å². The van der Waals surface area contributed by atoms with Crippen LogP contribution in [0.4, 0.5) is 13.2 Å². The SMILES string of the molecule is O=C([O-])C(F)(F)F.[C+]1=CC=CCN1. The molecule has 1 aliphatic heterocycles. The number of allylic oxidation sites excluding steroid dienone is 2. The van der Waals surface area contributed by atoms with E-state index in [-0.39, 0.29) is 0 Å². The predicted octanol–water partition coefficient (Wildman–Crippen LogP) is -0.239. The second-order valence-electron chi connectivity index (χ2n) is 1.91. The van der Waals surface area contributed by atoms with Gasteiger partial charge in [-0.3, -0.25) is 5.32 Å². The van der Waals surface area contributed by atoms with Gasteiger partial charge in [-0.1, -0.05) is 0 Å². The Balaban J connectivity index is 0.000000223. The number of halogens is 3. The lowest BCUT2D eigenvalue weighted by Crippen LogP contribution is -2.37. The van der Waals surface area contributed by atoms with Crippen molar-refractivity contribution in [3.63, 3.8) is 0 Å². The van der Waals surface area contributed by atoms with Crippen molar-refractivity contribution in [1.82, 2.24) is 5.32 Å². The Hall–Kier alpha value is -1.55. The summed E-state index contributed by atoms with van der Waals surface area (Å²) in [4.78, 5) is 8.78. The van der Waals surface area contributed by atoms with E-state index >= 15 is 0 Å². The van der Waals surface area contributed by atoms with Gasteiger partial charge in [-0.05, 0) is 0 Å². The van der Waals surface area contributed by atoms with Crippen molar-refractivity contribution in [2.45, 2.75) is 6.18 Å². The molecule has 0 aliphatic carbocycles. The molecule has 3 nitrogen and oxygen atoms in total. The summed E-state index contributed by atoms with van der Waals surface area (Å²) in [6, 6.07) is 0. The first-order valence-corrected chi connectivity index (χ1v) is 3.19. The molecule has 0 aromatic rings. The van der Waals surface area contributed by atoms with Crippen LogP contribution >= 0.6 is 0 Å². The van der Waals surface area contributed by atoms with Crippen LogP contribution < -0.4 is 10.4 Å². The number of hydrogen-bond donors (Lipinski definition) is 1. The van der Waals surface area contributed by atoms with E-state index in [9.17, 15) is 13.2 Å². The average molecular weight is 193 g/mol. The van der Waals surface area contributed by atoms with Crippen LogP contribution in [0.2, 0.25) is 0 Å². The van der Waals surface area contributed by atoms with Gasteiger partial charge in [0.1, 0.15) is 5.97 Å². The van der Waals surface area contributed by atoms with E-state index in [0.29, 0.717) is 0 Å². The minimum atomic E-state index is -5.19. The Morgan fingerprint density at radius 3 is 2.15 bits per heavy atom. The Morgan fingerprint density at radius 1 is 1.54 bits per heavy atom. The molecule has 1 N–H and O–H groups in total. The van der Waals surface area contributed by atoms with Crippen LogP contribution in [-0.4, -0.2) is 18.7 Å². The maximum Gasteiger partial charge on any atom is 0.430 e. The lowest BCUT2D eigenvalue weighted by atomic mass is 10.4. The predicted molar refractivity (Wildman–Crippen MR) is 36.0 cm³/mol. The quantitative estimate of drug-likeness (QED) is 0.540. The number of dihydropyridines is 1. The number of rotatable bonds is 0. The third kappa shape index (κ3) is 6.83. The number of carbonyl (C=O) groups is 1. The molecular weight excluding hydrogens is 187 g/mol. The number of alkyl halides is 3. The third-order valence-electron chi connectivity index (χ3n) is 0.869. The maximum absolute atomic E-state index is 10.5. The van der Waals surface area contributed by atoms with Gasteiger partial charge in [0.05, 0.1) is 12.6 Å². The first-order valence-electron chi connectivity index (χ1n) is 3.19.